The summed E-state index contributed by atoms with van der Waals surface area (Å²) in [5.41, 5.74) is 1.12. The Hall–Kier alpha value is -0.280. The van der Waals surface area contributed by atoms with Gasteiger partial charge < -0.3 is 10.1 Å². The molecule has 2 rings (SSSR count). The van der Waals surface area contributed by atoms with E-state index >= 15 is 0 Å². The standard InChI is InChI=1S/C13H17Cl2NO/c1-17-13(9-4-6-16-7-5-9)10-2-3-11(14)12(15)8-10/h2-3,8-9,13,16H,4-7H2,1H3. The van der Waals surface area contributed by atoms with Gasteiger partial charge in [0.15, 0.2) is 0 Å². The maximum Gasteiger partial charge on any atom is 0.0850 e. The Bertz CT molecular complexity index is 378. The lowest BCUT2D eigenvalue weighted by atomic mass is 9.88. The average Bonchev–Trinajstić information content (AvgIpc) is 2.36. The molecule has 94 valence electrons. The van der Waals surface area contributed by atoms with Crippen molar-refractivity contribution in [3.63, 3.8) is 0 Å². The van der Waals surface area contributed by atoms with Gasteiger partial charge in [-0.25, -0.2) is 0 Å². The fourth-order valence-electron chi connectivity index (χ4n) is 2.44. The highest BCUT2D eigenvalue weighted by atomic mass is 35.5. The minimum absolute atomic E-state index is 0.117. The number of hydrogen-bond donors (Lipinski definition) is 1. The van der Waals surface area contributed by atoms with Crippen molar-refractivity contribution in [1.82, 2.24) is 5.32 Å². The fraction of sp³-hybridized carbons (Fsp3) is 0.538. The van der Waals surface area contributed by atoms with Crippen LogP contribution in [0.1, 0.15) is 24.5 Å². The topological polar surface area (TPSA) is 21.3 Å². The maximum absolute atomic E-state index is 6.05. The first-order valence-electron chi connectivity index (χ1n) is 5.91. The molecule has 1 saturated heterocycles. The Morgan fingerprint density at radius 3 is 2.53 bits per heavy atom. The predicted octanol–water partition coefficient (Wildman–Crippen LogP) is 3.68. The van der Waals surface area contributed by atoms with E-state index in [0.717, 1.165) is 31.5 Å². The van der Waals surface area contributed by atoms with E-state index in [-0.39, 0.29) is 6.10 Å². The highest BCUT2D eigenvalue weighted by Crippen LogP contribution is 2.34. The lowest BCUT2D eigenvalue weighted by Crippen LogP contribution is -2.31. The largest absolute Gasteiger partial charge is 0.376 e. The van der Waals surface area contributed by atoms with Crippen molar-refractivity contribution in [2.75, 3.05) is 20.2 Å². The number of piperidine rings is 1. The summed E-state index contributed by atoms with van der Waals surface area (Å²) in [7, 11) is 1.76. The van der Waals surface area contributed by atoms with Crippen molar-refractivity contribution in [3.8, 4) is 0 Å². The van der Waals surface area contributed by atoms with Gasteiger partial charge >= 0.3 is 0 Å². The minimum Gasteiger partial charge on any atom is -0.376 e. The van der Waals surface area contributed by atoms with E-state index in [1.807, 2.05) is 18.2 Å². The highest BCUT2D eigenvalue weighted by Gasteiger charge is 2.25. The molecular weight excluding hydrogens is 257 g/mol. The quantitative estimate of drug-likeness (QED) is 0.907. The highest BCUT2D eigenvalue weighted by molar-refractivity contribution is 6.42. The van der Waals surface area contributed by atoms with Gasteiger partial charge in [0, 0.05) is 7.11 Å². The molecule has 1 unspecified atom stereocenters. The first kappa shape index (κ1) is 13.2. The van der Waals surface area contributed by atoms with Crippen LogP contribution in [0, 0.1) is 5.92 Å². The first-order valence-corrected chi connectivity index (χ1v) is 6.66. The van der Waals surface area contributed by atoms with Gasteiger partial charge in [0.2, 0.25) is 0 Å². The smallest absolute Gasteiger partial charge is 0.0850 e. The molecule has 4 heteroatoms. The average molecular weight is 274 g/mol. The number of rotatable bonds is 3. The molecule has 1 aromatic rings. The van der Waals surface area contributed by atoms with Gasteiger partial charge in [0.05, 0.1) is 16.1 Å². The van der Waals surface area contributed by atoms with Gasteiger partial charge in [-0.1, -0.05) is 29.3 Å². The minimum atomic E-state index is 0.117. The summed E-state index contributed by atoms with van der Waals surface area (Å²) in [6.45, 7) is 2.12. The summed E-state index contributed by atoms with van der Waals surface area (Å²) in [6.07, 6.45) is 2.39. The van der Waals surface area contributed by atoms with E-state index in [2.05, 4.69) is 5.32 Å². The molecular formula is C13H17Cl2NO. The van der Waals surface area contributed by atoms with E-state index in [0.29, 0.717) is 16.0 Å². The van der Waals surface area contributed by atoms with Gasteiger partial charge in [0.1, 0.15) is 0 Å². The van der Waals surface area contributed by atoms with Crippen molar-refractivity contribution in [3.05, 3.63) is 33.8 Å². The molecule has 1 aliphatic heterocycles. The van der Waals surface area contributed by atoms with Gasteiger partial charge in [-0.2, -0.15) is 0 Å². The van der Waals surface area contributed by atoms with Crippen LogP contribution in [0.5, 0.6) is 0 Å². The SMILES string of the molecule is COC(c1ccc(Cl)c(Cl)c1)C1CCNCC1. The Balaban J connectivity index is 2.18. The number of nitrogens with one attached hydrogen (secondary N) is 1. The third-order valence-electron chi connectivity index (χ3n) is 3.34. The molecule has 1 aromatic carbocycles. The van der Waals surface area contributed by atoms with E-state index < -0.39 is 0 Å². The molecule has 0 bridgehead atoms. The van der Waals surface area contributed by atoms with Crippen molar-refractivity contribution < 1.29 is 4.74 Å². The van der Waals surface area contributed by atoms with Gasteiger partial charge in [-0.15, -0.1) is 0 Å². The summed E-state index contributed by atoms with van der Waals surface area (Å²) >= 11 is 12.0. The Morgan fingerprint density at radius 2 is 1.94 bits per heavy atom. The number of hydrogen-bond acceptors (Lipinski definition) is 2. The lowest BCUT2D eigenvalue weighted by Gasteiger charge is -2.30. The summed E-state index contributed by atoms with van der Waals surface area (Å²) in [5.74, 6) is 0.554. The number of benzene rings is 1. The second-order valence-electron chi connectivity index (χ2n) is 4.42. The first-order chi connectivity index (χ1) is 8.22. The number of methoxy groups -OCH3 is 1. The van der Waals surface area contributed by atoms with Crippen LogP contribution in [-0.4, -0.2) is 20.2 Å². The van der Waals surface area contributed by atoms with Gasteiger partial charge in [-0.3, -0.25) is 0 Å². The Kier molecular flexibility index (Phi) is 4.69. The summed E-state index contributed by atoms with van der Waals surface area (Å²) < 4.78 is 5.64. The molecule has 0 aromatic heterocycles. The monoisotopic (exact) mass is 273 g/mol. The molecule has 1 heterocycles. The van der Waals surface area contributed by atoms with Crippen molar-refractivity contribution in [1.29, 1.82) is 0 Å². The zero-order valence-electron chi connectivity index (χ0n) is 9.88. The van der Waals surface area contributed by atoms with E-state index in [9.17, 15) is 0 Å². The molecule has 0 spiro atoms. The number of halogens is 2. The zero-order chi connectivity index (χ0) is 12.3. The summed E-state index contributed by atoms with van der Waals surface area (Å²) in [6, 6.07) is 5.76. The van der Waals surface area contributed by atoms with Crippen molar-refractivity contribution >= 4 is 23.2 Å². The molecule has 1 fully saturated rings. The van der Waals surface area contributed by atoms with E-state index in [1.54, 1.807) is 7.11 Å². The third-order valence-corrected chi connectivity index (χ3v) is 4.08. The predicted molar refractivity (Wildman–Crippen MR) is 71.8 cm³/mol. The van der Waals surface area contributed by atoms with Crippen LogP contribution in [0.25, 0.3) is 0 Å². The van der Waals surface area contributed by atoms with E-state index in [4.69, 9.17) is 27.9 Å². The Labute approximate surface area is 112 Å². The third kappa shape index (κ3) is 3.14. The summed E-state index contributed by atoms with van der Waals surface area (Å²) in [4.78, 5) is 0. The zero-order valence-corrected chi connectivity index (χ0v) is 11.4. The van der Waals surface area contributed by atoms with Crippen molar-refractivity contribution in [2.45, 2.75) is 18.9 Å². The van der Waals surface area contributed by atoms with Gasteiger partial charge in [0.25, 0.3) is 0 Å². The molecule has 0 saturated carbocycles. The molecule has 0 aliphatic carbocycles. The van der Waals surface area contributed by atoms with Crippen LogP contribution >= 0.6 is 23.2 Å². The van der Waals surface area contributed by atoms with Crippen LogP contribution in [-0.2, 0) is 4.74 Å². The molecule has 0 radical (unpaired) electrons. The normalized spacial score (nSPS) is 19.2. The molecule has 1 aliphatic rings. The maximum atomic E-state index is 6.05. The van der Waals surface area contributed by atoms with E-state index in [1.165, 1.54) is 0 Å². The molecule has 0 amide bonds. The van der Waals surface area contributed by atoms with Crippen molar-refractivity contribution in [2.24, 2.45) is 5.92 Å². The molecule has 2 nitrogen and oxygen atoms in total. The fourth-order valence-corrected chi connectivity index (χ4v) is 2.74. The molecule has 17 heavy (non-hydrogen) atoms. The Morgan fingerprint density at radius 1 is 1.24 bits per heavy atom. The van der Waals surface area contributed by atoms with Crippen LogP contribution in [0.4, 0.5) is 0 Å². The van der Waals surface area contributed by atoms with Gasteiger partial charge in [-0.05, 0) is 49.5 Å². The van der Waals surface area contributed by atoms with Crippen LogP contribution in [0.15, 0.2) is 18.2 Å². The second-order valence-corrected chi connectivity index (χ2v) is 5.23. The molecule has 1 N–H and O–H groups in total. The molecule has 1 atom stereocenters. The van der Waals surface area contributed by atoms with Crippen LogP contribution in [0.3, 0.4) is 0 Å². The lowest BCUT2D eigenvalue weighted by molar-refractivity contribution is 0.0383. The van der Waals surface area contributed by atoms with Crippen LogP contribution < -0.4 is 5.32 Å². The van der Waals surface area contributed by atoms with Crippen LogP contribution in [0.2, 0.25) is 10.0 Å². The second kappa shape index (κ2) is 6.05. The number of ether oxygens (including phenoxy) is 1. The summed E-state index contributed by atoms with van der Waals surface area (Å²) in [5, 5.41) is 4.55.